The molecule has 4 nitrogen and oxygen atoms in total. The van der Waals surface area contributed by atoms with Crippen LogP contribution in [-0.2, 0) is 16.8 Å². The number of rotatable bonds is 1. The molecule has 0 bridgehead atoms. The third-order valence-electron chi connectivity index (χ3n) is 6.19. The molecule has 3 aliphatic rings. The first-order valence-electron chi connectivity index (χ1n) is 9.56. The van der Waals surface area contributed by atoms with Gasteiger partial charge in [-0.25, -0.2) is 0 Å². The lowest BCUT2D eigenvalue weighted by molar-refractivity contribution is -0.126. The maximum atomic E-state index is 13.0. The SMILES string of the molecule is Cc1ccc2c(c1)C1(CC(C3CCCc4ccccc43)O2)NC(=S)NC1=O. The van der Waals surface area contributed by atoms with Gasteiger partial charge in [-0.15, -0.1) is 0 Å². The summed E-state index contributed by atoms with van der Waals surface area (Å²) in [5.41, 5.74) is 3.92. The summed E-state index contributed by atoms with van der Waals surface area (Å²) in [5, 5.41) is 6.49. The van der Waals surface area contributed by atoms with Crippen LogP contribution in [0.4, 0.5) is 0 Å². The number of amides is 1. The normalized spacial score (nSPS) is 28.8. The molecule has 1 saturated heterocycles. The van der Waals surface area contributed by atoms with Crippen molar-refractivity contribution in [3.8, 4) is 5.75 Å². The van der Waals surface area contributed by atoms with E-state index < -0.39 is 5.54 Å². The molecule has 27 heavy (non-hydrogen) atoms. The van der Waals surface area contributed by atoms with Gasteiger partial charge in [-0.05, 0) is 61.7 Å². The van der Waals surface area contributed by atoms with Crippen LogP contribution in [0.2, 0.25) is 0 Å². The van der Waals surface area contributed by atoms with Gasteiger partial charge in [0.15, 0.2) is 10.7 Å². The smallest absolute Gasteiger partial charge is 0.256 e. The van der Waals surface area contributed by atoms with E-state index in [0.29, 0.717) is 11.5 Å². The maximum absolute atomic E-state index is 13.0. The van der Waals surface area contributed by atoms with Gasteiger partial charge in [0.05, 0.1) is 0 Å². The number of nitrogens with one attached hydrogen (secondary N) is 2. The number of aryl methyl sites for hydroxylation is 2. The van der Waals surface area contributed by atoms with E-state index in [1.807, 2.05) is 25.1 Å². The van der Waals surface area contributed by atoms with Crippen molar-refractivity contribution in [3.05, 3.63) is 64.7 Å². The quantitative estimate of drug-likeness (QED) is 0.746. The standard InChI is InChI=1S/C22H22N2O2S/c1-13-9-10-18-17(11-13)22(20(25)23-21(27)24-22)12-19(26-18)16-8-4-6-14-5-2-3-7-15(14)16/h2-3,5,7,9-11,16,19H,4,6,8,12H2,1H3,(H2,23,24,25,27). The molecule has 5 heteroatoms. The molecular formula is C22H22N2O2S. The fourth-order valence-corrected chi connectivity index (χ4v) is 5.19. The second kappa shape index (κ2) is 6.06. The van der Waals surface area contributed by atoms with Crippen LogP contribution in [0.5, 0.6) is 5.75 Å². The van der Waals surface area contributed by atoms with Gasteiger partial charge in [0, 0.05) is 17.9 Å². The predicted octanol–water partition coefficient (Wildman–Crippen LogP) is 3.47. The van der Waals surface area contributed by atoms with Crippen molar-refractivity contribution >= 4 is 23.2 Å². The van der Waals surface area contributed by atoms with Crippen molar-refractivity contribution in [2.45, 2.75) is 50.2 Å². The lowest BCUT2D eigenvalue weighted by Gasteiger charge is -2.42. The van der Waals surface area contributed by atoms with Crippen LogP contribution in [0.1, 0.15) is 47.4 Å². The molecule has 1 amide bonds. The molecule has 0 saturated carbocycles. The summed E-state index contributed by atoms with van der Waals surface area (Å²) in [7, 11) is 0. The summed E-state index contributed by atoms with van der Waals surface area (Å²) in [6.07, 6.45) is 3.84. The topological polar surface area (TPSA) is 50.4 Å². The molecule has 3 atom stereocenters. The number of hydrogen-bond acceptors (Lipinski definition) is 3. The number of thiocarbonyl (C=S) groups is 1. The summed E-state index contributed by atoms with van der Waals surface area (Å²) in [5.74, 6) is 0.994. The Hall–Kier alpha value is -2.40. The zero-order valence-corrected chi connectivity index (χ0v) is 16.1. The molecule has 2 N–H and O–H groups in total. The van der Waals surface area contributed by atoms with E-state index >= 15 is 0 Å². The van der Waals surface area contributed by atoms with Gasteiger partial charge in [-0.1, -0.05) is 35.9 Å². The average molecular weight is 378 g/mol. The van der Waals surface area contributed by atoms with E-state index in [1.165, 1.54) is 11.1 Å². The Morgan fingerprint density at radius 1 is 1.22 bits per heavy atom. The fourth-order valence-electron chi connectivity index (χ4n) is 4.92. The summed E-state index contributed by atoms with van der Waals surface area (Å²) >= 11 is 5.29. The van der Waals surface area contributed by atoms with Crippen molar-refractivity contribution in [1.29, 1.82) is 0 Å². The van der Waals surface area contributed by atoms with Crippen LogP contribution < -0.4 is 15.4 Å². The fraction of sp³-hybridized carbons (Fsp3) is 0.364. The highest BCUT2D eigenvalue weighted by Gasteiger charge is 2.53. The largest absolute Gasteiger partial charge is 0.489 e. The Labute approximate surface area is 164 Å². The highest BCUT2D eigenvalue weighted by atomic mass is 32.1. The van der Waals surface area contributed by atoms with Crippen molar-refractivity contribution < 1.29 is 9.53 Å². The van der Waals surface area contributed by atoms with Crippen molar-refractivity contribution in [1.82, 2.24) is 10.6 Å². The van der Waals surface area contributed by atoms with E-state index in [1.54, 1.807) is 0 Å². The van der Waals surface area contributed by atoms with Gasteiger partial charge >= 0.3 is 0 Å². The zero-order valence-electron chi connectivity index (χ0n) is 15.2. The minimum atomic E-state index is -0.840. The molecule has 3 unspecified atom stereocenters. The molecule has 1 fully saturated rings. The van der Waals surface area contributed by atoms with Crippen LogP contribution in [0.25, 0.3) is 0 Å². The van der Waals surface area contributed by atoms with Crippen molar-refractivity contribution in [2.24, 2.45) is 0 Å². The minimum absolute atomic E-state index is 0.0687. The van der Waals surface area contributed by atoms with Gasteiger partial charge in [0.25, 0.3) is 5.91 Å². The van der Waals surface area contributed by atoms with E-state index in [2.05, 4.69) is 34.9 Å². The monoisotopic (exact) mass is 378 g/mol. The third-order valence-corrected chi connectivity index (χ3v) is 6.39. The second-order valence-electron chi connectivity index (χ2n) is 7.87. The minimum Gasteiger partial charge on any atom is -0.489 e. The molecule has 2 aromatic rings. The summed E-state index contributed by atoms with van der Waals surface area (Å²) in [4.78, 5) is 13.0. The average Bonchev–Trinajstić information content (AvgIpc) is 2.95. The third kappa shape index (κ3) is 2.56. The summed E-state index contributed by atoms with van der Waals surface area (Å²) in [6, 6.07) is 14.7. The molecule has 2 aliphatic heterocycles. The van der Waals surface area contributed by atoms with Crippen molar-refractivity contribution in [2.75, 3.05) is 0 Å². The molecule has 138 valence electrons. The first-order chi connectivity index (χ1) is 13.1. The van der Waals surface area contributed by atoms with Crippen molar-refractivity contribution in [3.63, 3.8) is 0 Å². The number of ether oxygens (including phenoxy) is 1. The zero-order chi connectivity index (χ0) is 18.6. The Balaban J connectivity index is 1.61. The molecule has 1 aliphatic carbocycles. The molecule has 1 spiro atoms. The first-order valence-corrected chi connectivity index (χ1v) is 9.97. The summed E-state index contributed by atoms with van der Waals surface area (Å²) < 4.78 is 6.49. The lowest BCUT2D eigenvalue weighted by Crippen LogP contribution is -2.51. The molecular weight excluding hydrogens is 356 g/mol. The highest BCUT2D eigenvalue weighted by Crippen LogP contribution is 2.47. The maximum Gasteiger partial charge on any atom is 0.256 e. The van der Waals surface area contributed by atoms with Gasteiger partial charge in [0.1, 0.15) is 11.9 Å². The molecule has 2 heterocycles. The number of fused-ring (bicyclic) bond motifs is 3. The molecule has 0 radical (unpaired) electrons. The Bertz CT molecular complexity index is 957. The first kappa shape index (κ1) is 16.8. The summed E-state index contributed by atoms with van der Waals surface area (Å²) in [6.45, 7) is 2.03. The van der Waals surface area contributed by atoms with E-state index in [9.17, 15) is 4.79 Å². The van der Waals surface area contributed by atoms with Crippen LogP contribution >= 0.6 is 12.2 Å². The number of benzene rings is 2. The Morgan fingerprint density at radius 2 is 2.07 bits per heavy atom. The van der Waals surface area contributed by atoms with E-state index in [4.69, 9.17) is 17.0 Å². The molecule has 0 aromatic heterocycles. The van der Waals surface area contributed by atoms with Gasteiger partial charge in [-0.3, -0.25) is 4.79 Å². The van der Waals surface area contributed by atoms with Crippen LogP contribution in [-0.4, -0.2) is 17.1 Å². The molecule has 2 aromatic carbocycles. The molecule has 5 rings (SSSR count). The van der Waals surface area contributed by atoms with Gasteiger partial charge in [-0.2, -0.15) is 0 Å². The highest BCUT2D eigenvalue weighted by molar-refractivity contribution is 7.80. The van der Waals surface area contributed by atoms with Gasteiger partial charge in [0.2, 0.25) is 0 Å². The predicted molar refractivity (Wildman–Crippen MR) is 108 cm³/mol. The van der Waals surface area contributed by atoms with E-state index in [0.717, 1.165) is 36.1 Å². The van der Waals surface area contributed by atoms with E-state index in [-0.39, 0.29) is 17.9 Å². The van der Waals surface area contributed by atoms with Crippen LogP contribution in [0.15, 0.2) is 42.5 Å². The Kier molecular flexibility index (Phi) is 3.76. The number of carbonyl (C=O) groups excluding carboxylic acids is 1. The van der Waals surface area contributed by atoms with Gasteiger partial charge < -0.3 is 15.4 Å². The van der Waals surface area contributed by atoms with Crippen LogP contribution in [0.3, 0.4) is 0 Å². The second-order valence-corrected chi connectivity index (χ2v) is 8.28. The number of carbonyl (C=O) groups is 1. The van der Waals surface area contributed by atoms with Crippen LogP contribution in [0, 0.1) is 6.92 Å². The lowest BCUT2D eigenvalue weighted by atomic mass is 9.73. The number of hydrogen-bond donors (Lipinski definition) is 2. The Morgan fingerprint density at radius 3 is 2.89 bits per heavy atom.